The summed E-state index contributed by atoms with van der Waals surface area (Å²) in [7, 11) is 0. The Hall–Kier alpha value is -0.0800. The lowest BCUT2D eigenvalue weighted by Crippen LogP contribution is -2.47. The van der Waals surface area contributed by atoms with E-state index in [0.717, 1.165) is 12.5 Å². The first-order valence-corrected chi connectivity index (χ1v) is 8.25. The van der Waals surface area contributed by atoms with Crippen LogP contribution in [0.15, 0.2) is 0 Å². The average molecular weight is 268 g/mol. The first-order chi connectivity index (χ1) is 8.78. The molecular weight excluding hydrogens is 232 g/mol. The molecule has 0 aromatic carbocycles. The third kappa shape index (κ3) is 7.31. The van der Waals surface area contributed by atoms with Crippen molar-refractivity contribution in [2.45, 2.75) is 72.8 Å². The Bertz CT molecular complexity index is 252. The normalized spacial score (nSPS) is 19.7. The van der Waals surface area contributed by atoms with Crippen LogP contribution in [0.4, 0.5) is 0 Å². The molecule has 1 N–H and O–H groups in total. The van der Waals surface area contributed by atoms with Gasteiger partial charge in [-0.3, -0.25) is 0 Å². The van der Waals surface area contributed by atoms with Crippen LogP contribution in [0.25, 0.3) is 0 Å². The molecule has 0 aromatic heterocycles. The van der Waals surface area contributed by atoms with Crippen molar-refractivity contribution in [3.8, 4) is 0 Å². The van der Waals surface area contributed by atoms with E-state index in [4.69, 9.17) is 0 Å². The van der Waals surface area contributed by atoms with Crippen LogP contribution < -0.4 is 5.32 Å². The van der Waals surface area contributed by atoms with Gasteiger partial charge in [-0.15, -0.1) is 0 Å². The van der Waals surface area contributed by atoms with Crippen molar-refractivity contribution in [3.05, 3.63) is 0 Å². The van der Waals surface area contributed by atoms with E-state index in [0.29, 0.717) is 5.41 Å². The van der Waals surface area contributed by atoms with Crippen LogP contribution in [0.3, 0.4) is 0 Å². The lowest BCUT2D eigenvalue weighted by molar-refractivity contribution is 0.141. The van der Waals surface area contributed by atoms with Crippen LogP contribution in [-0.2, 0) is 0 Å². The Kier molecular flexibility index (Phi) is 6.32. The minimum absolute atomic E-state index is 0.225. The summed E-state index contributed by atoms with van der Waals surface area (Å²) in [5.41, 5.74) is 0.634. The van der Waals surface area contributed by atoms with Crippen LogP contribution in [0.2, 0.25) is 0 Å². The molecule has 0 heterocycles. The number of hydrogen-bond donors (Lipinski definition) is 1. The molecule has 0 spiro atoms. The van der Waals surface area contributed by atoms with E-state index in [1.54, 1.807) is 0 Å². The molecule has 2 heteroatoms. The molecule has 1 aliphatic carbocycles. The molecule has 1 aliphatic rings. The van der Waals surface area contributed by atoms with Gasteiger partial charge in [0.2, 0.25) is 0 Å². The van der Waals surface area contributed by atoms with Crippen molar-refractivity contribution in [1.82, 2.24) is 10.2 Å². The fraction of sp³-hybridized carbons (Fsp3) is 1.00. The Labute approximate surface area is 121 Å². The summed E-state index contributed by atoms with van der Waals surface area (Å²) in [6, 6.07) is 0. The molecule has 0 aliphatic heterocycles. The van der Waals surface area contributed by atoms with Gasteiger partial charge in [0.15, 0.2) is 0 Å². The highest BCUT2D eigenvalue weighted by molar-refractivity contribution is 4.86. The van der Waals surface area contributed by atoms with Crippen molar-refractivity contribution >= 4 is 0 Å². The largest absolute Gasteiger partial charge is 0.311 e. The predicted molar refractivity (Wildman–Crippen MR) is 85.6 cm³/mol. The third-order valence-electron chi connectivity index (χ3n) is 4.16. The summed E-state index contributed by atoms with van der Waals surface area (Å²) in [6.07, 6.45) is 5.52. The van der Waals surface area contributed by atoms with Crippen molar-refractivity contribution in [3.63, 3.8) is 0 Å². The highest BCUT2D eigenvalue weighted by Crippen LogP contribution is 2.32. The van der Waals surface area contributed by atoms with Gasteiger partial charge in [-0.05, 0) is 57.9 Å². The maximum atomic E-state index is 3.72. The summed E-state index contributed by atoms with van der Waals surface area (Å²) in [4.78, 5) is 2.68. The van der Waals surface area contributed by atoms with E-state index >= 15 is 0 Å². The van der Waals surface area contributed by atoms with Gasteiger partial charge in [0.25, 0.3) is 0 Å². The molecule has 0 aromatic rings. The second kappa shape index (κ2) is 7.08. The van der Waals surface area contributed by atoms with Gasteiger partial charge in [0, 0.05) is 25.2 Å². The number of nitrogens with one attached hydrogen (secondary N) is 1. The smallest absolute Gasteiger partial charge is 0.00967 e. The molecule has 1 atom stereocenters. The van der Waals surface area contributed by atoms with Crippen molar-refractivity contribution in [2.75, 3.05) is 26.2 Å². The monoisotopic (exact) mass is 268 g/mol. The highest BCUT2D eigenvalue weighted by atomic mass is 15.1. The number of nitrogens with zero attached hydrogens (tertiary/aromatic N) is 1. The Balaban J connectivity index is 2.51. The summed E-state index contributed by atoms with van der Waals surface area (Å²) in [5.74, 6) is 1.00. The molecule has 1 saturated carbocycles. The van der Waals surface area contributed by atoms with E-state index in [1.807, 2.05) is 0 Å². The minimum Gasteiger partial charge on any atom is -0.311 e. The summed E-state index contributed by atoms with van der Waals surface area (Å²) >= 11 is 0. The van der Waals surface area contributed by atoms with Crippen LogP contribution in [0, 0.1) is 11.3 Å². The molecule has 114 valence electrons. The highest BCUT2D eigenvalue weighted by Gasteiger charge is 2.30. The molecule has 0 saturated heterocycles. The SMILES string of the molecule is CCCC(C)(CNC(C)(C)C)CN(CC)CC1CC1. The fourth-order valence-electron chi connectivity index (χ4n) is 2.82. The molecule has 19 heavy (non-hydrogen) atoms. The fourth-order valence-corrected chi connectivity index (χ4v) is 2.82. The van der Waals surface area contributed by atoms with Crippen LogP contribution in [-0.4, -0.2) is 36.6 Å². The first-order valence-electron chi connectivity index (χ1n) is 8.25. The van der Waals surface area contributed by atoms with Gasteiger partial charge in [-0.1, -0.05) is 27.2 Å². The van der Waals surface area contributed by atoms with Gasteiger partial charge < -0.3 is 10.2 Å². The van der Waals surface area contributed by atoms with Gasteiger partial charge >= 0.3 is 0 Å². The van der Waals surface area contributed by atoms with Crippen molar-refractivity contribution < 1.29 is 0 Å². The van der Waals surface area contributed by atoms with Gasteiger partial charge in [-0.25, -0.2) is 0 Å². The molecule has 0 radical (unpaired) electrons. The zero-order valence-corrected chi connectivity index (χ0v) is 14.2. The maximum absolute atomic E-state index is 3.72. The van der Waals surface area contributed by atoms with Gasteiger partial charge in [0.05, 0.1) is 0 Å². The standard InChI is InChI=1S/C17H36N2/c1-7-11-17(6,13-18-16(3,4)5)14-19(8-2)12-15-9-10-15/h15,18H,7-14H2,1-6H3. The molecule has 1 fully saturated rings. The van der Waals surface area contributed by atoms with Crippen molar-refractivity contribution in [1.29, 1.82) is 0 Å². The van der Waals surface area contributed by atoms with Gasteiger partial charge in [0.1, 0.15) is 0 Å². The Morgan fingerprint density at radius 3 is 2.16 bits per heavy atom. The second-order valence-corrected chi connectivity index (χ2v) is 7.94. The summed E-state index contributed by atoms with van der Waals surface area (Å²) < 4.78 is 0. The number of hydrogen-bond acceptors (Lipinski definition) is 2. The van der Waals surface area contributed by atoms with Crippen LogP contribution in [0.1, 0.15) is 67.2 Å². The first kappa shape index (κ1) is 17.0. The van der Waals surface area contributed by atoms with Crippen molar-refractivity contribution in [2.24, 2.45) is 11.3 Å². The zero-order valence-electron chi connectivity index (χ0n) is 14.2. The van der Waals surface area contributed by atoms with Crippen LogP contribution >= 0.6 is 0 Å². The predicted octanol–water partition coefficient (Wildman–Crippen LogP) is 3.91. The van der Waals surface area contributed by atoms with Crippen LogP contribution in [0.5, 0.6) is 0 Å². The quantitative estimate of drug-likeness (QED) is 0.682. The minimum atomic E-state index is 0.225. The third-order valence-corrected chi connectivity index (χ3v) is 4.16. The Morgan fingerprint density at radius 2 is 1.74 bits per heavy atom. The Morgan fingerprint density at radius 1 is 1.11 bits per heavy atom. The molecule has 1 unspecified atom stereocenters. The molecule has 1 rings (SSSR count). The molecule has 2 nitrogen and oxygen atoms in total. The molecule has 0 bridgehead atoms. The van der Waals surface area contributed by atoms with E-state index in [-0.39, 0.29) is 5.54 Å². The van der Waals surface area contributed by atoms with E-state index in [9.17, 15) is 0 Å². The lowest BCUT2D eigenvalue weighted by Gasteiger charge is -2.38. The summed E-state index contributed by atoms with van der Waals surface area (Å²) in [5, 5.41) is 3.72. The zero-order chi connectivity index (χ0) is 14.5. The second-order valence-electron chi connectivity index (χ2n) is 7.94. The number of rotatable bonds is 9. The molecule has 0 amide bonds. The maximum Gasteiger partial charge on any atom is 0.00967 e. The van der Waals surface area contributed by atoms with E-state index < -0.39 is 0 Å². The van der Waals surface area contributed by atoms with E-state index in [2.05, 4.69) is 51.8 Å². The lowest BCUT2D eigenvalue weighted by atomic mass is 9.84. The van der Waals surface area contributed by atoms with E-state index in [1.165, 1.54) is 45.3 Å². The topological polar surface area (TPSA) is 15.3 Å². The average Bonchev–Trinajstić information content (AvgIpc) is 3.09. The summed E-state index contributed by atoms with van der Waals surface area (Å²) in [6.45, 7) is 18.8. The van der Waals surface area contributed by atoms with Gasteiger partial charge in [-0.2, -0.15) is 0 Å². The molecular formula is C17H36N2.